The molecule has 1 aliphatic heterocycles. The molecule has 1 saturated heterocycles. The van der Waals surface area contributed by atoms with E-state index in [2.05, 4.69) is 15.5 Å². The van der Waals surface area contributed by atoms with E-state index >= 15 is 0 Å². The van der Waals surface area contributed by atoms with Crippen LogP contribution in [-0.2, 0) is 21.5 Å². The molecule has 1 aliphatic rings. The molecule has 1 N–H and O–H groups in total. The smallest absolute Gasteiger partial charge is 0.231 e. The van der Waals surface area contributed by atoms with Crippen molar-refractivity contribution in [1.29, 1.82) is 0 Å². The lowest BCUT2D eigenvalue weighted by atomic mass is 9.98. The van der Waals surface area contributed by atoms with Crippen LogP contribution in [0.4, 0.5) is 5.13 Å². The van der Waals surface area contributed by atoms with Gasteiger partial charge in [0.15, 0.2) is 0 Å². The molecule has 2 aromatic rings. The lowest BCUT2D eigenvalue weighted by Gasteiger charge is -2.14. The average Bonchev–Trinajstić information content (AvgIpc) is 3.21. The number of furan rings is 1. The van der Waals surface area contributed by atoms with Crippen molar-refractivity contribution in [1.82, 2.24) is 15.1 Å². The number of carbonyl (C=O) groups is 2. The second kappa shape index (κ2) is 6.35. The molecular weight excluding hydrogens is 328 g/mol. The van der Waals surface area contributed by atoms with Crippen LogP contribution in [0.2, 0.25) is 0 Å². The zero-order valence-corrected chi connectivity index (χ0v) is 14.7. The summed E-state index contributed by atoms with van der Waals surface area (Å²) in [7, 11) is 0. The van der Waals surface area contributed by atoms with Crippen LogP contribution >= 0.6 is 11.3 Å². The monoisotopic (exact) mass is 348 g/mol. The van der Waals surface area contributed by atoms with E-state index in [-0.39, 0.29) is 29.6 Å². The summed E-state index contributed by atoms with van der Waals surface area (Å²) in [5.74, 6) is 0.0962. The number of amides is 2. The molecule has 0 radical (unpaired) electrons. The van der Waals surface area contributed by atoms with Gasteiger partial charge in [0.2, 0.25) is 16.9 Å². The minimum atomic E-state index is -0.380. The first-order valence-corrected chi connectivity index (χ1v) is 8.59. The summed E-state index contributed by atoms with van der Waals surface area (Å²) in [4.78, 5) is 26.1. The van der Waals surface area contributed by atoms with Gasteiger partial charge in [-0.05, 0) is 12.1 Å². The van der Waals surface area contributed by atoms with Crippen LogP contribution < -0.4 is 5.32 Å². The fourth-order valence-corrected chi connectivity index (χ4v) is 3.28. The normalized spacial score (nSPS) is 18.2. The van der Waals surface area contributed by atoms with Crippen molar-refractivity contribution in [2.75, 3.05) is 11.9 Å². The van der Waals surface area contributed by atoms with Gasteiger partial charge in [-0.2, -0.15) is 0 Å². The Labute approximate surface area is 144 Å². The maximum atomic E-state index is 12.4. The van der Waals surface area contributed by atoms with Crippen molar-refractivity contribution in [3.8, 4) is 0 Å². The van der Waals surface area contributed by atoms with E-state index in [1.807, 2.05) is 26.8 Å². The van der Waals surface area contributed by atoms with E-state index in [1.165, 1.54) is 11.3 Å². The average molecular weight is 348 g/mol. The largest absolute Gasteiger partial charge is 0.467 e. The predicted molar refractivity (Wildman–Crippen MR) is 89.5 cm³/mol. The maximum Gasteiger partial charge on any atom is 0.231 e. The van der Waals surface area contributed by atoms with E-state index in [9.17, 15) is 9.59 Å². The fraction of sp³-hybridized carbons (Fsp3) is 0.500. The standard InChI is InChI=1S/C16H20N4O3S/c1-16(2,3)14-18-19-15(24-14)17-13(22)10-7-12(21)20(8-10)9-11-5-4-6-23-11/h4-6,10H,7-9H2,1-3H3,(H,17,19,22)/t10-/m0/s1. The minimum absolute atomic E-state index is 0.0424. The maximum absolute atomic E-state index is 12.4. The first-order valence-electron chi connectivity index (χ1n) is 7.78. The number of likely N-dealkylation sites (tertiary alicyclic amines) is 1. The predicted octanol–water partition coefficient (Wildman–Crippen LogP) is 2.42. The molecule has 128 valence electrons. The molecule has 3 heterocycles. The summed E-state index contributed by atoms with van der Waals surface area (Å²) in [5.41, 5.74) is -0.107. The van der Waals surface area contributed by atoms with Gasteiger partial charge in [-0.1, -0.05) is 32.1 Å². The zero-order chi connectivity index (χ0) is 17.3. The molecule has 24 heavy (non-hydrogen) atoms. The molecule has 2 aromatic heterocycles. The Bertz CT molecular complexity index is 733. The van der Waals surface area contributed by atoms with E-state index in [0.717, 1.165) is 5.01 Å². The Morgan fingerprint density at radius 3 is 2.88 bits per heavy atom. The van der Waals surface area contributed by atoms with Crippen molar-refractivity contribution in [2.45, 2.75) is 39.2 Å². The van der Waals surface area contributed by atoms with Gasteiger partial charge >= 0.3 is 0 Å². The Morgan fingerprint density at radius 2 is 2.25 bits per heavy atom. The van der Waals surface area contributed by atoms with Crippen LogP contribution in [0.25, 0.3) is 0 Å². The molecule has 3 rings (SSSR count). The number of nitrogens with one attached hydrogen (secondary N) is 1. The summed E-state index contributed by atoms with van der Waals surface area (Å²) in [6.07, 6.45) is 1.78. The van der Waals surface area contributed by atoms with Crippen LogP contribution in [-0.4, -0.2) is 33.5 Å². The Morgan fingerprint density at radius 1 is 1.46 bits per heavy atom. The highest BCUT2D eigenvalue weighted by atomic mass is 32.1. The summed E-state index contributed by atoms with van der Waals surface area (Å²) in [5, 5.41) is 12.2. The van der Waals surface area contributed by atoms with Crippen molar-refractivity contribution in [3.63, 3.8) is 0 Å². The third-order valence-electron chi connectivity index (χ3n) is 3.81. The van der Waals surface area contributed by atoms with E-state index in [0.29, 0.717) is 24.0 Å². The number of hydrogen-bond donors (Lipinski definition) is 1. The summed E-state index contributed by atoms with van der Waals surface area (Å²) < 4.78 is 5.26. The highest BCUT2D eigenvalue weighted by Gasteiger charge is 2.35. The molecule has 0 aromatic carbocycles. The van der Waals surface area contributed by atoms with Crippen LogP contribution in [0.3, 0.4) is 0 Å². The Balaban J connectivity index is 1.60. The number of nitrogens with zero attached hydrogens (tertiary/aromatic N) is 3. The van der Waals surface area contributed by atoms with Gasteiger partial charge in [0.1, 0.15) is 10.8 Å². The van der Waals surface area contributed by atoms with E-state index in [4.69, 9.17) is 4.42 Å². The van der Waals surface area contributed by atoms with Gasteiger partial charge in [-0.3, -0.25) is 9.59 Å². The molecule has 1 atom stereocenters. The highest BCUT2D eigenvalue weighted by molar-refractivity contribution is 7.15. The molecule has 0 unspecified atom stereocenters. The second-order valence-corrected chi connectivity index (χ2v) is 7.88. The lowest BCUT2D eigenvalue weighted by molar-refractivity contribution is -0.128. The lowest BCUT2D eigenvalue weighted by Crippen LogP contribution is -2.27. The SMILES string of the molecule is CC(C)(C)c1nnc(NC(=O)[C@H]2CC(=O)N(Cc3ccco3)C2)s1. The van der Waals surface area contributed by atoms with Gasteiger partial charge in [0, 0.05) is 18.4 Å². The Hall–Kier alpha value is -2.22. The number of aromatic nitrogens is 2. The summed E-state index contributed by atoms with van der Waals surface area (Å²) >= 11 is 1.36. The van der Waals surface area contributed by atoms with Gasteiger partial charge < -0.3 is 14.6 Å². The first kappa shape index (κ1) is 16.6. The van der Waals surface area contributed by atoms with Gasteiger partial charge in [-0.25, -0.2) is 0 Å². The zero-order valence-electron chi connectivity index (χ0n) is 13.9. The van der Waals surface area contributed by atoms with Crippen LogP contribution in [0.1, 0.15) is 38.0 Å². The molecule has 0 spiro atoms. The third-order valence-corrected chi connectivity index (χ3v) is 5.07. The van der Waals surface area contributed by atoms with Crippen molar-refractivity contribution >= 4 is 28.3 Å². The minimum Gasteiger partial charge on any atom is -0.467 e. The Kier molecular flexibility index (Phi) is 4.40. The van der Waals surface area contributed by atoms with Crippen LogP contribution in [0.15, 0.2) is 22.8 Å². The second-order valence-electron chi connectivity index (χ2n) is 6.91. The number of hydrogen-bond acceptors (Lipinski definition) is 6. The van der Waals surface area contributed by atoms with Gasteiger partial charge in [0.05, 0.1) is 18.7 Å². The quantitative estimate of drug-likeness (QED) is 0.917. The van der Waals surface area contributed by atoms with Crippen LogP contribution in [0, 0.1) is 5.92 Å². The molecule has 0 bridgehead atoms. The van der Waals surface area contributed by atoms with Gasteiger partial charge in [0.25, 0.3) is 0 Å². The van der Waals surface area contributed by atoms with E-state index in [1.54, 1.807) is 17.2 Å². The summed E-state index contributed by atoms with van der Waals surface area (Å²) in [6, 6.07) is 3.60. The molecule has 8 heteroatoms. The van der Waals surface area contributed by atoms with E-state index < -0.39 is 0 Å². The molecule has 2 amide bonds. The van der Waals surface area contributed by atoms with Crippen molar-refractivity contribution in [2.24, 2.45) is 5.92 Å². The van der Waals surface area contributed by atoms with Crippen LogP contribution in [0.5, 0.6) is 0 Å². The number of rotatable bonds is 4. The molecule has 7 nitrogen and oxygen atoms in total. The summed E-state index contributed by atoms with van der Waals surface area (Å²) in [6.45, 7) is 6.91. The van der Waals surface area contributed by atoms with Crippen molar-refractivity contribution in [3.05, 3.63) is 29.2 Å². The molecule has 0 saturated carbocycles. The third kappa shape index (κ3) is 3.64. The molecule has 1 fully saturated rings. The molecular formula is C16H20N4O3S. The highest BCUT2D eigenvalue weighted by Crippen LogP contribution is 2.28. The van der Waals surface area contributed by atoms with Gasteiger partial charge in [-0.15, -0.1) is 10.2 Å². The first-order chi connectivity index (χ1) is 11.3. The molecule has 0 aliphatic carbocycles. The number of carbonyl (C=O) groups excluding carboxylic acids is 2. The number of anilines is 1. The fourth-order valence-electron chi connectivity index (χ4n) is 2.48. The van der Waals surface area contributed by atoms with Crippen molar-refractivity contribution < 1.29 is 14.0 Å². The topological polar surface area (TPSA) is 88.3 Å².